The van der Waals surface area contributed by atoms with Crippen molar-refractivity contribution in [1.29, 1.82) is 0 Å². The Kier molecular flexibility index (Phi) is 3.65. The Morgan fingerprint density at radius 3 is 2.48 bits per heavy atom. The Morgan fingerprint density at radius 1 is 1.04 bits per heavy atom. The van der Waals surface area contributed by atoms with Gasteiger partial charge in [0, 0.05) is 18.0 Å². The molecule has 2 heterocycles. The fourth-order valence-corrected chi connectivity index (χ4v) is 2.14. The number of alkyl halides is 3. The molecular formula is C15H10F3N3O2. The lowest BCUT2D eigenvalue weighted by Gasteiger charge is -2.09. The summed E-state index contributed by atoms with van der Waals surface area (Å²) in [6.07, 6.45) is -1.64. The predicted octanol–water partition coefficient (Wildman–Crippen LogP) is 3.88. The van der Waals surface area contributed by atoms with Crippen LogP contribution in [0.2, 0.25) is 0 Å². The molecule has 0 aliphatic heterocycles. The minimum absolute atomic E-state index is 0.0633. The molecule has 5 nitrogen and oxygen atoms in total. The van der Waals surface area contributed by atoms with Crippen molar-refractivity contribution in [3.05, 3.63) is 48.8 Å². The molecule has 0 amide bonds. The van der Waals surface area contributed by atoms with Crippen molar-refractivity contribution in [1.82, 2.24) is 10.1 Å². The highest BCUT2D eigenvalue weighted by molar-refractivity contribution is 5.86. The van der Waals surface area contributed by atoms with Gasteiger partial charge in [0.2, 0.25) is 5.88 Å². The molecular weight excluding hydrogens is 311 g/mol. The monoisotopic (exact) mass is 321 g/mol. The van der Waals surface area contributed by atoms with E-state index in [9.17, 15) is 13.2 Å². The Balaban J connectivity index is 2.05. The van der Waals surface area contributed by atoms with Crippen LogP contribution in [0.5, 0.6) is 5.75 Å². The van der Waals surface area contributed by atoms with Crippen LogP contribution in [0.15, 0.2) is 53.3 Å². The van der Waals surface area contributed by atoms with Crippen LogP contribution in [-0.2, 0) is 0 Å². The molecule has 0 aliphatic rings. The largest absolute Gasteiger partial charge is 0.573 e. The van der Waals surface area contributed by atoms with Gasteiger partial charge in [-0.15, -0.1) is 13.2 Å². The van der Waals surface area contributed by atoms with Crippen LogP contribution in [0.1, 0.15) is 0 Å². The summed E-state index contributed by atoms with van der Waals surface area (Å²) in [5.74, 6) is -0.286. The number of nitrogens with zero attached hydrogens (tertiary/aromatic N) is 2. The molecule has 0 fully saturated rings. The molecule has 0 saturated carbocycles. The molecule has 2 N–H and O–H groups in total. The van der Waals surface area contributed by atoms with Crippen molar-refractivity contribution in [2.75, 3.05) is 5.73 Å². The average molecular weight is 321 g/mol. The second kappa shape index (κ2) is 5.64. The molecule has 0 radical (unpaired) electrons. The number of rotatable bonds is 3. The fraction of sp³-hybridized carbons (Fsp3) is 0.0667. The minimum Gasteiger partial charge on any atom is -0.406 e. The third-order valence-electron chi connectivity index (χ3n) is 3.03. The van der Waals surface area contributed by atoms with Gasteiger partial charge in [0.1, 0.15) is 11.4 Å². The van der Waals surface area contributed by atoms with Gasteiger partial charge >= 0.3 is 6.36 Å². The topological polar surface area (TPSA) is 74.2 Å². The number of hydrogen-bond donors (Lipinski definition) is 1. The SMILES string of the molecule is Nc1onc(-c2cccc(OC(F)(F)F)c2)c1-c1ccncc1. The van der Waals surface area contributed by atoms with E-state index < -0.39 is 6.36 Å². The molecule has 2 aromatic heterocycles. The zero-order chi connectivity index (χ0) is 16.4. The highest BCUT2D eigenvalue weighted by Crippen LogP contribution is 2.37. The van der Waals surface area contributed by atoms with Crippen LogP contribution in [-0.4, -0.2) is 16.5 Å². The highest BCUT2D eigenvalue weighted by atomic mass is 19.4. The van der Waals surface area contributed by atoms with E-state index in [2.05, 4.69) is 14.9 Å². The Labute approximate surface area is 128 Å². The fourth-order valence-electron chi connectivity index (χ4n) is 2.14. The van der Waals surface area contributed by atoms with Crippen LogP contribution in [0.3, 0.4) is 0 Å². The summed E-state index contributed by atoms with van der Waals surface area (Å²) in [4.78, 5) is 3.90. The van der Waals surface area contributed by atoms with Gasteiger partial charge in [-0.1, -0.05) is 17.3 Å². The van der Waals surface area contributed by atoms with E-state index in [0.717, 1.165) is 0 Å². The molecule has 1 aromatic carbocycles. The van der Waals surface area contributed by atoms with Gasteiger partial charge in [0.15, 0.2) is 0 Å². The maximum Gasteiger partial charge on any atom is 0.573 e. The molecule has 23 heavy (non-hydrogen) atoms. The predicted molar refractivity (Wildman–Crippen MR) is 76.3 cm³/mol. The summed E-state index contributed by atoms with van der Waals surface area (Å²) in [5, 5.41) is 3.84. The van der Waals surface area contributed by atoms with Gasteiger partial charge in [0.05, 0.1) is 5.56 Å². The standard InChI is InChI=1S/C15H10F3N3O2/c16-15(17,18)22-11-3-1-2-10(8-11)13-12(14(19)23-21-13)9-4-6-20-7-5-9/h1-8H,19H2. The van der Waals surface area contributed by atoms with Gasteiger partial charge in [-0.3, -0.25) is 4.98 Å². The Morgan fingerprint density at radius 2 is 1.78 bits per heavy atom. The minimum atomic E-state index is -4.77. The molecule has 8 heteroatoms. The summed E-state index contributed by atoms with van der Waals surface area (Å²) < 4.78 is 45.9. The normalized spacial score (nSPS) is 11.4. The van der Waals surface area contributed by atoms with Crippen LogP contribution < -0.4 is 10.5 Å². The molecule has 0 spiro atoms. The van der Waals surface area contributed by atoms with E-state index in [1.807, 2.05) is 0 Å². The van der Waals surface area contributed by atoms with Crippen LogP contribution in [0.25, 0.3) is 22.4 Å². The maximum atomic E-state index is 12.3. The molecule has 118 valence electrons. The summed E-state index contributed by atoms with van der Waals surface area (Å²) in [6, 6.07) is 8.83. The zero-order valence-electron chi connectivity index (χ0n) is 11.5. The maximum absolute atomic E-state index is 12.3. The van der Waals surface area contributed by atoms with Crippen molar-refractivity contribution >= 4 is 5.88 Å². The lowest BCUT2D eigenvalue weighted by atomic mass is 10.0. The summed E-state index contributed by atoms with van der Waals surface area (Å²) >= 11 is 0. The molecule has 0 atom stereocenters. The summed E-state index contributed by atoms with van der Waals surface area (Å²) in [6.45, 7) is 0. The molecule has 0 unspecified atom stereocenters. The van der Waals surface area contributed by atoms with Gasteiger partial charge in [-0.05, 0) is 29.8 Å². The third kappa shape index (κ3) is 3.25. The van der Waals surface area contributed by atoms with Crippen molar-refractivity contribution in [2.45, 2.75) is 6.36 Å². The molecule has 3 rings (SSSR count). The zero-order valence-corrected chi connectivity index (χ0v) is 11.5. The van der Waals surface area contributed by atoms with Crippen LogP contribution in [0, 0.1) is 0 Å². The second-order valence-corrected chi connectivity index (χ2v) is 4.58. The number of anilines is 1. The molecule has 0 saturated heterocycles. The van der Waals surface area contributed by atoms with Crippen molar-refractivity contribution in [3.8, 4) is 28.1 Å². The van der Waals surface area contributed by atoms with Gasteiger partial charge in [-0.2, -0.15) is 0 Å². The lowest BCUT2D eigenvalue weighted by Crippen LogP contribution is -2.17. The van der Waals surface area contributed by atoms with Gasteiger partial charge < -0.3 is 15.0 Å². The van der Waals surface area contributed by atoms with E-state index >= 15 is 0 Å². The first-order chi connectivity index (χ1) is 10.9. The van der Waals surface area contributed by atoms with Gasteiger partial charge in [0.25, 0.3) is 0 Å². The Bertz CT molecular complexity index is 816. The van der Waals surface area contributed by atoms with E-state index in [-0.39, 0.29) is 11.6 Å². The highest BCUT2D eigenvalue weighted by Gasteiger charge is 2.31. The van der Waals surface area contributed by atoms with E-state index in [4.69, 9.17) is 10.3 Å². The summed E-state index contributed by atoms with van der Waals surface area (Å²) in [7, 11) is 0. The van der Waals surface area contributed by atoms with E-state index in [0.29, 0.717) is 22.4 Å². The molecule has 0 bridgehead atoms. The number of aromatic nitrogens is 2. The quantitative estimate of drug-likeness (QED) is 0.792. The first-order valence-electron chi connectivity index (χ1n) is 6.46. The van der Waals surface area contributed by atoms with Crippen molar-refractivity contribution in [3.63, 3.8) is 0 Å². The lowest BCUT2D eigenvalue weighted by molar-refractivity contribution is -0.274. The van der Waals surface area contributed by atoms with Crippen molar-refractivity contribution < 1.29 is 22.4 Å². The van der Waals surface area contributed by atoms with E-state index in [1.165, 1.54) is 18.2 Å². The van der Waals surface area contributed by atoms with Crippen LogP contribution in [0.4, 0.5) is 19.1 Å². The number of ether oxygens (including phenoxy) is 1. The number of pyridine rings is 1. The number of nitrogen functional groups attached to an aromatic ring is 1. The third-order valence-corrected chi connectivity index (χ3v) is 3.03. The van der Waals surface area contributed by atoms with Crippen molar-refractivity contribution in [2.24, 2.45) is 0 Å². The number of nitrogens with two attached hydrogens (primary N) is 1. The van der Waals surface area contributed by atoms with Gasteiger partial charge in [-0.25, -0.2) is 0 Å². The first-order valence-corrected chi connectivity index (χ1v) is 6.46. The average Bonchev–Trinajstić information content (AvgIpc) is 2.88. The summed E-state index contributed by atoms with van der Waals surface area (Å²) in [5.41, 5.74) is 7.67. The number of benzene rings is 1. The van der Waals surface area contributed by atoms with Crippen LogP contribution >= 0.6 is 0 Å². The number of halogens is 3. The smallest absolute Gasteiger partial charge is 0.406 e. The van der Waals surface area contributed by atoms with E-state index in [1.54, 1.807) is 30.6 Å². The Hall–Kier alpha value is -3.03. The second-order valence-electron chi connectivity index (χ2n) is 4.58. The first kappa shape index (κ1) is 14.9. The molecule has 3 aromatic rings. The number of hydrogen-bond acceptors (Lipinski definition) is 5. The molecule has 0 aliphatic carbocycles.